The first-order chi connectivity index (χ1) is 8.75. The van der Waals surface area contributed by atoms with Crippen molar-refractivity contribution in [2.24, 2.45) is 0 Å². The second-order valence-corrected chi connectivity index (χ2v) is 5.86. The van der Waals surface area contributed by atoms with E-state index in [2.05, 4.69) is 10.6 Å². The van der Waals surface area contributed by atoms with E-state index in [1.54, 1.807) is 0 Å². The zero-order valence-corrected chi connectivity index (χ0v) is 11.5. The van der Waals surface area contributed by atoms with Crippen LogP contribution in [-0.4, -0.2) is 29.5 Å². The molecule has 98 valence electrons. The third-order valence-corrected chi connectivity index (χ3v) is 4.19. The van der Waals surface area contributed by atoms with Crippen LogP contribution < -0.4 is 10.6 Å². The fourth-order valence-electron chi connectivity index (χ4n) is 2.07. The molecule has 1 unspecified atom stereocenters. The number of benzene rings is 1. The molecule has 0 bridgehead atoms. The van der Waals surface area contributed by atoms with Crippen LogP contribution in [0.25, 0.3) is 0 Å². The van der Waals surface area contributed by atoms with Gasteiger partial charge in [0.05, 0.1) is 6.04 Å². The topological polar surface area (TPSA) is 41.1 Å². The number of carbonyl (C=O) groups is 1. The molecule has 1 saturated heterocycles. The number of amides is 1. The van der Waals surface area contributed by atoms with Gasteiger partial charge in [0, 0.05) is 11.7 Å². The molecule has 18 heavy (non-hydrogen) atoms. The van der Waals surface area contributed by atoms with Crippen molar-refractivity contribution < 1.29 is 4.79 Å². The molecule has 1 aromatic carbocycles. The van der Waals surface area contributed by atoms with Gasteiger partial charge in [0.1, 0.15) is 0 Å². The van der Waals surface area contributed by atoms with Crippen LogP contribution in [0.5, 0.6) is 0 Å². The van der Waals surface area contributed by atoms with E-state index >= 15 is 0 Å². The minimum atomic E-state index is -0.140. The monoisotopic (exact) mass is 264 g/mol. The first-order valence-corrected chi connectivity index (χ1v) is 7.61. The Labute approximate surface area is 113 Å². The van der Waals surface area contributed by atoms with Gasteiger partial charge in [-0.3, -0.25) is 4.79 Å². The number of rotatable bonds is 4. The Morgan fingerprint density at radius 3 is 2.61 bits per heavy atom. The highest BCUT2D eigenvalue weighted by Gasteiger charge is 2.19. The van der Waals surface area contributed by atoms with Crippen LogP contribution in [0, 0.1) is 0 Å². The highest BCUT2D eigenvalue weighted by Crippen LogP contribution is 2.17. The number of para-hydroxylation sites is 1. The minimum Gasteiger partial charge on any atom is -0.325 e. The van der Waals surface area contributed by atoms with E-state index < -0.39 is 0 Å². The van der Waals surface area contributed by atoms with E-state index in [0.717, 1.165) is 18.5 Å². The van der Waals surface area contributed by atoms with E-state index in [0.29, 0.717) is 6.04 Å². The second kappa shape index (κ2) is 6.81. The third-order valence-electron chi connectivity index (χ3n) is 3.14. The predicted molar refractivity (Wildman–Crippen MR) is 78.0 cm³/mol. The van der Waals surface area contributed by atoms with Gasteiger partial charge in [0.2, 0.25) is 5.91 Å². The highest BCUT2D eigenvalue weighted by molar-refractivity contribution is 7.99. The van der Waals surface area contributed by atoms with Crippen molar-refractivity contribution >= 4 is 23.4 Å². The van der Waals surface area contributed by atoms with Crippen LogP contribution in [0.3, 0.4) is 0 Å². The van der Waals surface area contributed by atoms with Crippen molar-refractivity contribution in [2.75, 3.05) is 16.8 Å². The lowest BCUT2D eigenvalue weighted by atomic mass is 10.1. The maximum absolute atomic E-state index is 12.0. The molecular formula is C14H20N2OS. The van der Waals surface area contributed by atoms with Crippen molar-refractivity contribution in [3.05, 3.63) is 30.3 Å². The Morgan fingerprint density at radius 1 is 1.28 bits per heavy atom. The first kappa shape index (κ1) is 13.4. The number of anilines is 1. The summed E-state index contributed by atoms with van der Waals surface area (Å²) < 4.78 is 0. The molecule has 3 nitrogen and oxygen atoms in total. The normalized spacial score (nSPS) is 18.3. The van der Waals surface area contributed by atoms with Gasteiger partial charge in [-0.05, 0) is 43.4 Å². The molecule has 1 aliphatic heterocycles. The molecule has 0 spiro atoms. The molecular weight excluding hydrogens is 244 g/mol. The molecule has 0 radical (unpaired) electrons. The second-order valence-electron chi connectivity index (χ2n) is 4.63. The Balaban J connectivity index is 1.81. The summed E-state index contributed by atoms with van der Waals surface area (Å²) in [4.78, 5) is 12.0. The molecule has 1 amide bonds. The SMILES string of the molecule is CC(NC1CCSCC1)C(=O)Nc1ccccc1. The lowest BCUT2D eigenvalue weighted by Gasteiger charge is -2.25. The highest BCUT2D eigenvalue weighted by atomic mass is 32.2. The summed E-state index contributed by atoms with van der Waals surface area (Å²) >= 11 is 2.00. The van der Waals surface area contributed by atoms with E-state index in [9.17, 15) is 4.79 Å². The molecule has 0 saturated carbocycles. The summed E-state index contributed by atoms with van der Waals surface area (Å²) in [6.07, 6.45) is 2.32. The molecule has 1 fully saturated rings. The molecule has 2 N–H and O–H groups in total. The Bertz CT molecular complexity index is 377. The summed E-state index contributed by atoms with van der Waals surface area (Å²) in [7, 11) is 0. The zero-order chi connectivity index (χ0) is 12.8. The first-order valence-electron chi connectivity index (χ1n) is 6.45. The summed E-state index contributed by atoms with van der Waals surface area (Å²) in [6, 6.07) is 9.94. The zero-order valence-electron chi connectivity index (χ0n) is 10.7. The maximum Gasteiger partial charge on any atom is 0.241 e. The van der Waals surface area contributed by atoms with Crippen molar-refractivity contribution in [1.82, 2.24) is 5.32 Å². The van der Waals surface area contributed by atoms with E-state index in [-0.39, 0.29) is 11.9 Å². The minimum absolute atomic E-state index is 0.0411. The van der Waals surface area contributed by atoms with Crippen molar-refractivity contribution in [3.63, 3.8) is 0 Å². The molecule has 4 heteroatoms. The lowest BCUT2D eigenvalue weighted by Crippen LogP contribution is -2.45. The Kier molecular flexibility index (Phi) is 5.08. The van der Waals surface area contributed by atoms with Crippen LogP contribution in [0.4, 0.5) is 5.69 Å². The van der Waals surface area contributed by atoms with Crippen molar-refractivity contribution in [2.45, 2.75) is 31.8 Å². The maximum atomic E-state index is 12.0. The van der Waals surface area contributed by atoms with E-state index in [4.69, 9.17) is 0 Å². The van der Waals surface area contributed by atoms with Gasteiger partial charge in [0.25, 0.3) is 0 Å². The fourth-order valence-corrected chi connectivity index (χ4v) is 3.17. The molecule has 1 aliphatic rings. The number of thioether (sulfide) groups is 1. The lowest BCUT2D eigenvalue weighted by molar-refractivity contribution is -0.118. The molecule has 0 aromatic heterocycles. The van der Waals surface area contributed by atoms with Crippen LogP contribution >= 0.6 is 11.8 Å². The largest absolute Gasteiger partial charge is 0.325 e. The van der Waals surface area contributed by atoms with Crippen molar-refractivity contribution in [1.29, 1.82) is 0 Å². The number of hydrogen-bond donors (Lipinski definition) is 2. The summed E-state index contributed by atoms with van der Waals surface area (Å²) in [5, 5.41) is 6.34. The summed E-state index contributed by atoms with van der Waals surface area (Å²) in [5.41, 5.74) is 0.857. The van der Waals surface area contributed by atoms with Gasteiger partial charge < -0.3 is 10.6 Å². The molecule has 1 aromatic rings. The van der Waals surface area contributed by atoms with Crippen LogP contribution in [0.1, 0.15) is 19.8 Å². The third kappa shape index (κ3) is 4.03. The fraction of sp³-hybridized carbons (Fsp3) is 0.500. The number of nitrogens with one attached hydrogen (secondary N) is 2. The molecule has 1 atom stereocenters. The van der Waals surface area contributed by atoms with Crippen LogP contribution in [0.2, 0.25) is 0 Å². The van der Waals surface area contributed by atoms with Gasteiger partial charge >= 0.3 is 0 Å². The average Bonchev–Trinajstić information content (AvgIpc) is 2.41. The average molecular weight is 264 g/mol. The Hall–Kier alpha value is -1.00. The molecule has 1 heterocycles. The summed E-state index contributed by atoms with van der Waals surface area (Å²) in [5.74, 6) is 2.44. The van der Waals surface area contributed by atoms with E-state index in [1.807, 2.05) is 49.0 Å². The van der Waals surface area contributed by atoms with Gasteiger partial charge in [-0.1, -0.05) is 18.2 Å². The predicted octanol–water partition coefficient (Wildman–Crippen LogP) is 2.50. The van der Waals surface area contributed by atoms with Crippen LogP contribution in [0.15, 0.2) is 30.3 Å². The molecule has 2 rings (SSSR count). The van der Waals surface area contributed by atoms with Gasteiger partial charge in [-0.25, -0.2) is 0 Å². The number of carbonyl (C=O) groups excluding carboxylic acids is 1. The quantitative estimate of drug-likeness (QED) is 0.878. The number of hydrogen-bond acceptors (Lipinski definition) is 3. The van der Waals surface area contributed by atoms with Crippen LogP contribution in [-0.2, 0) is 4.79 Å². The van der Waals surface area contributed by atoms with Gasteiger partial charge in [-0.15, -0.1) is 0 Å². The van der Waals surface area contributed by atoms with Crippen molar-refractivity contribution in [3.8, 4) is 0 Å². The Morgan fingerprint density at radius 2 is 1.94 bits per heavy atom. The van der Waals surface area contributed by atoms with E-state index in [1.165, 1.54) is 11.5 Å². The van der Waals surface area contributed by atoms with Gasteiger partial charge in [-0.2, -0.15) is 11.8 Å². The summed E-state index contributed by atoms with van der Waals surface area (Å²) in [6.45, 7) is 1.93. The molecule has 0 aliphatic carbocycles. The standard InChI is InChI=1S/C14H20N2OS/c1-11(15-13-7-9-18-10-8-13)14(17)16-12-5-3-2-4-6-12/h2-6,11,13,15H,7-10H2,1H3,(H,16,17). The smallest absolute Gasteiger partial charge is 0.241 e. The van der Waals surface area contributed by atoms with Gasteiger partial charge in [0.15, 0.2) is 0 Å².